The predicted molar refractivity (Wildman–Crippen MR) is 64.0 cm³/mol. The Labute approximate surface area is 91.4 Å². The minimum atomic E-state index is 0.358. The van der Waals surface area contributed by atoms with Crippen molar-refractivity contribution in [2.45, 2.75) is 32.6 Å². The number of allylic oxidation sites excluding steroid dienone is 1. The minimum Gasteiger partial charge on any atom is -0.508 e. The number of hydrogen-bond donors (Lipinski definition) is 1. The van der Waals surface area contributed by atoms with Gasteiger partial charge in [0.25, 0.3) is 0 Å². The zero-order valence-electron chi connectivity index (χ0n) is 9.46. The van der Waals surface area contributed by atoms with Crippen LogP contribution in [0.3, 0.4) is 0 Å². The van der Waals surface area contributed by atoms with Gasteiger partial charge in [0.05, 0.1) is 0 Å². The summed E-state index contributed by atoms with van der Waals surface area (Å²) >= 11 is 0. The zero-order chi connectivity index (χ0) is 11.0. The van der Waals surface area contributed by atoms with Crippen LogP contribution in [0.15, 0.2) is 24.8 Å². The molecule has 0 atom stereocenters. The smallest absolute Gasteiger partial charge is 0.119 e. The fraction of sp³-hybridized carbons (Fsp3) is 0.429. The lowest BCUT2D eigenvalue weighted by Gasteiger charge is -2.11. The molecule has 1 nitrogen and oxygen atoms in total. The SMILES string of the molecule is C=C(c1ccc(O)c(C(C)C)c1)C1CC1. The van der Waals surface area contributed by atoms with Gasteiger partial charge in [0.1, 0.15) is 5.75 Å². The van der Waals surface area contributed by atoms with Crippen LogP contribution in [0.25, 0.3) is 5.57 Å². The van der Waals surface area contributed by atoms with E-state index in [-0.39, 0.29) is 0 Å². The molecule has 0 amide bonds. The van der Waals surface area contributed by atoms with Crippen molar-refractivity contribution >= 4 is 5.57 Å². The number of hydrogen-bond acceptors (Lipinski definition) is 1. The molecule has 0 radical (unpaired) electrons. The maximum Gasteiger partial charge on any atom is 0.119 e. The van der Waals surface area contributed by atoms with Gasteiger partial charge in [-0.2, -0.15) is 0 Å². The Kier molecular flexibility index (Phi) is 2.56. The first-order valence-electron chi connectivity index (χ1n) is 5.61. The Morgan fingerprint density at radius 2 is 2.07 bits per heavy atom. The summed E-state index contributed by atoms with van der Waals surface area (Å²) in [5.41, 5.74) is 3.45. The molecule has 1 saturated carbocycles. The van der Waals surface area contributed by atoms with Crippen molar-refractivity contribution in [3.63, 3.8) is 0 Å². The molecule has 1 aliphatic carbocycles. The quantitative estimate of drug-likeness (QED) is 0.787. The van der Waals surface area contributed by atoms with Crippen LogP contribution >= 0.6 is 0 Å². The van der Waals surface area contributed by atoms with Gasteiger partial charge in [-0.3, -0.25) is 0 Å². The predicted octanol–water partition coefficient (Wildman–Crippen LogP) is 3.94. The number of rotatable bonds is 3. The third-order valence-corrected chi connectivity index (χ3v) is 3.09. The van der Waals surface area contributed by atoms with Crippen LogP contribution in [0.4, 0.5) is 0 Å². The van der Waals surface area contributed by atoms with Crippen molar-refractivity contribution in [1.29, 1.82) is 0 Å². The van der Waals surface area contributed by atoms with E-state index in [1.165, 1.54) is 24.0 Å². The van der Waals surface area contributed by atoms with Gasteiger partial charge < -0.3 is 5.11 Å². The van der Waals surface area contributed by atoms with E-state index in [4.69, 9.17) is 0 Å². The van der Waals surface area contributed by atoms with Crippen LogP contribution in [0.1, 0.15) is 43.7 Å². The normalized spacial score (nSPS) is 15.7. The molecule has 1 aromatic carbocycles. The van der Waals surface area contributed by atoms with Gasteiger partial charge in [0.15, 0.2) is 0 Å². The molecule has 2 rings (SSSR count). The van der Waals surface area contributed by atoms with Gasteiger partial charge in [-0.05, 0) is 53.5 Å². The van der Waals surface area contributed by atoms with Gasteiger partial charge in [-0.25, -0.2) is 0 Å². The second-order valence-electron chi connectivity index (χ2n) is 4.73. The lowest BCUT2D eigenvalue weighted by molar-refractivity contribution is 0.465. The molecule has 0 heterocycles. The van der Waals surface area contributed by atoms with Crippen LogP contribution in [0, 0.1) is 5.92 Å². The topological polar surface area (TPSA) is 20.2 Å². The summed E-state index contributed by atoms with van der Waals surface area (Å²) < 4.78 is 0. The molecule has 1 N–H and O–H groups in total. The molecule has 0 aliphatic heterocycles. The second-order valence-corrected chi connectivity index (χ2v) is 4.73. The van der Waals surface area contributed by atoms with Crippen molar-refractivity contribution < 1.29 is 5.11 Å². The van der Waals surface area contributed by atoms with E-state index in [9.17, 15) is 5.11 Å². The Hall–Kier alpha value is -1.24. The summed E-state index contributed by atoms with van der Waals surface area (Å²) in [5.74, 6) is 1.45. The molecular weight excluding hydrogens is 184 g/mol. The summed E-state index contributed by atoms with van der Waals surface area (Å²) in [6.45, 7) is 8.33. The number of benzene rings is 1. The summed E-state index contributed by atoms with van der Waals surface area (Å²) in [7, 11) is 0. The Morgan fingerprint density at radius 3 is 2.60 bits per heavy atom. The van der Waals surface area contributed by atoms with Crippen LogP contribution in [-0.2, 0) is 0 Å². The van der Waals surface area contributed by atoms with Crippen LogP contribution in [-0.4, -0.2) is 5.11 Å². The van der Waals surface area contributed by atoms with Gasteiger partial charge >= 0.3 is 0 Å². The van der Waals surface area contributed by atoms with Gasteiger partial charge in [-0.15, -0.1) is 0 Å². The third-order valence-electron chi connectivity index (χ3n) is 3.09. The van der Waals surface area contributed by atoms with Crippen molar-refractivity contribution in [2.24, 2.45) is 5.92 Å². The van der Waals surface area contributed by atoms with E-state index in [1.54, 1.807) is 6.07 Å². The highest BCUT2D eigenvalue weighted by Gasteiger charge is 2.25. The fourth-order valence-corrected chi connectivity index (χ4v) is 1.88. The first kappa shape index (κ1) is 10.3. The molecule has 0 aromatic heterocycles. The molecular formula is C14H18O. The largest absolute Gasteiger partial charge is 0.508 e. The van der Waals surface area contributed by atoms with Crippen LogP contribution < -0.4 is 0 Å². The van der Waals surface area contributed by atoms with E-state index < -0.39 is 0 Å². The monoisotopic (exact) mass is 202 g/mol. The lowest BCUT2D eigenvalue weighted by Crippen LogP contribution is -1.92. The molecule has 0 bridgehead atoms. The van der Waals surface area contributed by atoms with Crippen molar-refractivity contribution in [2.75, 3.05) is 0 Å². The second kappa shape index (κ2) is 3.73. The maximum absolute atomic E-state index is 9.71. The van der Waals surface area contributed by atoms with E-state index in [1.807, 2.05) is 6.07 Å². The molecule has 1 heteroatoms. The van der Waals surface area contributed by atoms with Crippen LogP contribution in [0.5, 0.6) is 5.75 Å². The van der Waals surface area contributed by atoms with Crippen molar-refractivity contribution in [3.8, 4) is 5.75 Å². The molecule has 0 spiro atoms. The first-order valence-corrected chi connectivity index (χ1v) is 5.61. The maximum atomic E-state index is 9.71. The Balaban J connectivity index is 2.33. The van der Waals surface area contributed by atoms with Crippen LogP contribution in [0.2, 0.25) is 0 Å². The fourth-order valence-electron chi connectivity index (χ4n) is 1.88. The summed E-state index contributed by atoms with van der Waals surface area (Å²) in [5, 5.41) is 9.71. The highest BCUT2D eigenvalue weighted by molar-refractivity contribution is 5.68. The van der Waals surface area contributed by atoms with Gasteiger partial charge in [0.2, 0.25) is 0 Å². The average molecular weight is 202 g/mol. The Bertz CT molecular complexity index is 386. The first-order chi connectivity index (χ1) is 7.09. The number of phenols is 1. The minimum absolute atomic E-state index is 0.358. The molecule has 1 aromatic rings. The van der Waals surface area contributed by atoms with E-state index in [2.05, 4.69) is 26.5 Å². The van der Waals surface area contributed by atoms with E-state index in [0.29, 0.717) is 17.6 Å². The number of aromatic hydroxyl groups is 1. The third kappa shape index (κ3) is 2.06. The van der Waals surface area contributed by atoms with Gasteiger partial charge in [-0.1, -0.05) is 26.5 Å². The molecule has 1 aliphatic rings. The molecule has 80 valence electrons. The van der Waals surface area contributed by atoms with Crippen molar-refractivity contribution in [3.05, 3.63) is 35.9 Å². The number of phenolic OH excluding ortho intramolecular Hbond substituents is 1. The Morgan fingerprint density at radius 1 is 1.40 bits per heavy atom. The summed E-state index contributed by atoms with van der Waals surface area (Å²) in [4.78, 5) is 0. The zero-order valence-corrected chi connectivity index (χ0v) is 9.46. The highest BCUT2D eigenvalue weighted by atomic mass is 16.3. The lowest BCUT2D eigenvalue weighted by atomic mass is 9.95. The summed E-state index contributed by atoms with van der Waals surface area (Å²) in [6.07, 6.45) is 2.55. The van der Waals surface area contributed by atoms with E-state index >= 15 is 0 Å². The summed E-state index contributed by atoms with van der Waals surface area (Å²) in [6, 6.07) is 5.85. The highest BCUT2D eigenvalue weighted by Crippen LogP contribution is 2.42. The molecule has 1 fully saturated rings. The van der Waals surface area contributed by atoms with Gasteiger partial charge in [0, 0.05) is 0 Å². The molecule has 0 saturated heterocycles. The van der Waals surface area contributed by atoms with Crippen molar-refractivity contribution in [1.82, 2.24) is 0 Å². The standard InChI is InChI=1S/C14H18O/c1-9(2)13-8-12(6-7-14(13)15)10(3)11-4-5-11/h6-9,11,15H,3-5H2,1-2H3. The van der Waals surface area contributed by atoms with E-state index in [0.717, 1.165) is 5.56 Å². The molecule has 0 unspecified atom stereocenters. The average Bonchev–Trinajstić information content (AvgIpc) is 3.00. The molecule has 15 heavy (non-hydrogen) atoms.